The van der Waals surface area contributed by atoms with Gasteiger partial charge in [-0.15, -0.1) is 12.4 Å². The number of hydrogen-bond acceptors (Lipinski definition) is 6. The van der Waals surface area contributed by atoms with Crippen LogP contribution in [-0.4, -0.2) is 48.0 Å². The standard InChI is InChI=1S/C15H19FN4OS.ClH/c1-20-6-5-17-8-13(20)14-18-15(21-19-14)10-3-4-12(16)11(7-10)9-22-2;/h3-4,7,13,17H,5-6,8-9H2,1-2H3;1H. The molecular weight excluding hydrogens is 339 g/mol. The molecule has 23 heavy (non-hydrogen) atoms. The lowest BCUT2D eigenvalue weighted by Crippen LogP contribution is -2.44. The fourth-order valence-electron chi connectivity index (χ4n) is 2.56. The number of thioether (sulfide) groups is 1. The Labute approximate surface area is 145 Å². The summed E-state index contributed by atoms with van der Waals surface area (Å²) in [4.78, 5) is 6.70. The second-order valence-electron chi connectivity index (χ2n) is 5.40. The van der Waals surface area contributed by atoms with Crippen LogP contribution >= 0.6 is 24.2 Å². The van der Waals surface area contributed by atoms with Gasteiger partial charge in [0.15, 0.2) is 5.82 Å². The first-order chi connectivity index (χ1) is 10.7. The highest BCUT2D eigenvalue weighted by Crippen LogP contribution is 2.25. The fourth-order valence-corrected chi connectivity index (χ4v) is 3.09. The number of benzene rings is 1. The molecule has 1 atom stereocenters. The van der Waals surface area contributed by atoms with Crippen LogP contribution in [0.3, 0.4) is 0 Å². The highest BCUT2D eigenvalue weighted by atomic mass is 35.5. The Hall–Kier alpha value is -1.15. The summed E-state index contributed by atoms with van der Waals surface area (Å²) in [6.07, 6.45) is 1.95. The van der Waals surface area contributed by atoms with Crippen LogP contribution in [0.2, 0.25) is 0 Å². The summed E-state index contributed by atoms with van der Waals surface area (Å²) in [5, 5.41) is 7.43. The molecule has 0 saturated carbocycles. The number of piperazine rings is 1. The van der Waals surface area contributed by atoms with E-state index in [1.54, 1.807) is 23.9 Å². The Bertz CT molecular complexity index is 654. The minimum absolute atomic E-state index is 0. The van der Waals surface area contributed by atoms with Gasteiger partial charge in [-0.25, -0.2) is 4.39 Å². The van der Waals surface area contributed by atoms with Crippen molar-refractivity contribution < 1.29 is 8.91 Å². The van der Waals surface area contributed by atoms with Gasteiger partial charge in [0.1, 0.15) is 5.82 Å². The molecule has 0 radical (unpaired) electrons. The van der Waals surface area contributed by atoms with Crippen LogP contribution < -0.4 is 5.32 Å². The maximum absolute atomic E-state index is 13.7. The molecule has 1 fully saturated rings. The van der Waals surface area contributed by atoms with E-state index in [0.29, 0.717) is 23.0 Å². The van der Waals surface area contributed by atoms with Crippen LogP contribution in [0.5, 0.6) is 0 Å². The second kappa shape index (κ2) is 8.10. The smallest absolute Gasteiger partial charge is 0.257 e. The van der Waals surface area contributed by atoms with Gasteiger partial charge in [-0.05, 0) is 37.1 Å². The molecule has 2 aromatic rings. The largest absolute Gasteiger partial charge is 0.334 e. The van der Waals surface area contributed by atoms with E-state index in [2.05, 4.69) is 27.4 Å². The Morgan fingerprint density at radius 3 is 3.04 bits per heavy atom. The lowest BCUT2D eigenvalue weighted by atomic mass is 10.1. The number of halogens is 2. The van der Waals surface area contributed by atoms with Crippen molar-refractivity contribution in [2.45, 2.75) is 11.8 Å². The summed E-state index contributed by atoms with van der Waals surface area (Å²) in [6.45, 7) is 2.72. The fraction of sp³-hybridized carbons (Fsp3) is 0.467. The van der Waals surface area contributed by atoms with Crippen LogP contribution in [-0.2, 0) is 5.75 Å². The zero-order valence-electron chi connectivity index (χ0n) is 13.1. The predicted molar refractivity (Wildman–Crippen MR) is 92.4 cm³/mol. The Balaban J connectivity index is 0.00000192. The number of aromatic nitrogens is 2. The van der Waals surface area contributed by atoms with Crippen LogP contribution in [0.4, 0.5) is 4.39 Å². The first-order valence-corrected chi connectivity index (χ1v) is 8.60. The van der Waals surface area contributed by atoms with Gasteiger partial charge in [0, 0.05) is 31.0 Å². The van der Waals surface area contributed by atoms with Crippen molar-refractivity contribution >= 4 is 24.2 Å². The van der Waals surface area contributed by atoms with E-state index in [4.69, 9.17) is 4.52 Å². The number of nitrogens with one attached hydrogen (secondary N) is 1. The van der Waals surface area contributed by atoms with Crippen LogP contribution in [0.25, 0.3) is 11.5 Å². The van der Waals surface area contributed by atoms with E-state index >= 15 is 0 Å². The zero-order chi connectivity index (χ0) is 15.5. The molecule has 2 heterocycles. The maximum atomic E-state index is 13.7. The number of nitrogens with zero attached hydrogens (tertiary/aromatic N) is 3. The van der Waals surface area contributed by atoms with E-state index in [0.717, 1.165) is 25.2 Å². The minimum atomic E-state index is -0.200. The van der Waals surface area contributed by atoms with E-state index in [9.17, 15) is 4.39 Å². The number of likely N-dealkylation sites (N-methyl/N-ethyl adjacent to an activating group) is 1. The quantitative estimate of drug-likeness (QED) is 0.907. The van der Waals surface area contributed by atoms with Crippen LogP contribution in [0.1, 0.15) is 17.4 Å². The molecule has 8 heteroatoms. The maximum Gasteiger partial charge on any atom is 0.257 e. The van der Waals surface area contributed by atoms with E-state index in [-0.39, 0.29) is 24.3 Å². The first-order valence-electron chi connectivity index (χ1n) is 7.21. The third-order valence-electron chi connectivity index (χ3n) is 3.84. The summed E-state index contributed by atoms with van der Waals surface area (Å²) in [6, 6.07) is 5.03. The molecule has 0 spiro atoms. The van der Waals surface area contributed by atoms with Crippen molar-refractivity contribution in [1.82, 2.24) is 20.4 Å². The highest BCUT2D eigenvalue weighted by Gasteiger charge is 2.25. The second-order valence-corrected chi connectivity index (χ2v) is 6.26. The van der Waals surface area contributed by atoms with Crippen LogP contribution in [0, 0.1) is 5.82 Å². The highest BCUT2D eigenvalue weighted by molar-refractivity contribution is 7.97. The zero-order valence-corrected chi connectivity index (χ0v) is 14.7. The van der Waals surface area contributed by atoms with Gasteiger partial charge in [-0.1, -0.05) is 5.16 Å². The first kappa shape index (κ1) is 18.2. The molecule has 126 valence electrons. The monoisotopic (exact) mass is 358 g/mol. The molecule has 0 bridgehead atoms. The van der Waals surface area contributed by atoms with Gasteiger partial charge in [0.25, 0.3) is 5.89 Å². The van der Waals surface area contributed by atoms with E-state index in [1.807, 2.05) is 6.26 Å². The van der Waals surface area contributed by atoms with Gasteiger partial charge < -0.3 is 9.84 Å². The molecule has 1 aromatic carbocycles. The summed E-state index contributed by atoms with van der Waals surface area (Å²) in [7, 11) is 2.05. The molecule has 1 saturated heterocycles. The summed E-state index contributed by atoms with van der Waals surface area (Å²) in [5.41, 5.74) is 1.41. The Morgan fingerprint density at radius 2 is 2.30 bits per heavy atom. The van der Waals surface area contributed by atoms with Gasteiger partial charge in [-0.2, -0.15) is 16.7 Å². The average molecular weight is 359 g/mol. The van der Waals surface area contributed by atoms with Crippen molar-refractivity contribution in [3.63, 3.8) is 0 Å². The molecule has 1 aliphatic rings. The van der Waals surface area contributed by atoms with E-state index in [1.165, 1.54) is 6.07 Å². The molecule has 0 aliphatic carbocycles. The summed E-state index contributed by atoms with van der Waals surface area (Å²) >= 11 is 1.58. The van der Waals surface area contributed by atoms with E-state index < -0.39 is 0 Å². The molecule has 1 aromatic heterocycles. The Morgan fingerprint density at radius 1 is 1.48 bits per heavy atom. The number of rotatable bonds is 4. The van der Waals surface area contributed by atoms with Crippen molar-refractivity contribution in [1.29, 1.82) is 0 Å². The Kier molecular flexibility index (Phi) is 6.41. The molecule has 1 unspecified atom stereocenters. The average Bonchev–Trinajstić information content (AvgIpc) is 3.00. The topological polar surface area (TPSA) is 54.2 Å². The lowest BCUT2D eigenvalue weighted by molar-refractivity contribution is 0.190. The minimum Gasteiger partial charge on any atom is -0.334 e. The number of hydrogen-bond donors (Lipinski definition) is 1. The summed E-state index contributed by atoms with van der Waals surface area (Å²) < 4.78 is 19.1. The molecule has 1 N–H and O–H groups in total. The normalized spacial score (nSPS) is 18.7. The van der Waals surface area contributed by atoms with Gasteiger partial charge in [-0.3, -0.25) is 4.90 Å². The van der Waals surface area contributed by atoms with Crippen molar-refractivity contribution in [3.05, 3.63) is 35.4 Å². The van der Waals surface area contributed by atoms with Gasteiger partial charge in [0.2, 0.25) is 0 Å². The van der Waals surface area contributed by atoms with Crippen molar-refractivity contribution in [2.75, 3.05) is 32.9 Å². The third-order valence-corrected chi connectivity index (χ3v) is 4.44. The van der Waals surface area contributed by atoms with Crippen molar-refractivity contribution in [3.8, 4) is 11.5 Å². The van der Waals surface area contributed by atoms with Crippen molar-refractivity contribution in [2.24, 2.45) is 0 Å². The molecule has 1 aliphatic heterocycles. The molecular formula is C15H20ClFN4OS. The van der Waals surface area contributed by atoms with Crippen LogP contribution in [0.15, 0.2) is 22.7 Å². The summed E-state index contributed by atoms with van der Waals surface area (Å²) in [5.74, 6) is 1.53. The lowest BCUT2D eigenvalue weighted by Gasteiger charge is -2.30. The van der Waals surface area contributed by atoms with Gasteiger partial charge in [0.05, 0.1) is 6.04 Å². The van der Waals surface area contributed by atoms with Gasteiger partial charge >= 0.3 is 0 Å². The molecule has 3 rings (SSSR count). The SMILES string of the molecule is CSCc1cc(-c2nc(C3CNCCN3C)no2)ccc1F.Cl. The predicted octanol–water partition coefficient (Wildman–Crippen LogP) is 2.74. The molecule has 5 nitrogen and oxygen atoms in total. The third kappa shape index (κ3) is 4.03. The molecule has 0 amide bonds.